The number of hydrogen-bond acceptors (Lipinski definition) is 11. The molecule has 28 heavy (non-hydrogen) atoms. The van der Waals surface area contributed by atoms with Crippen LogP contribution in [0.25, 0.3) is 0 Å². The van der Waals surface area contributed by atoms with E-state index >= 15 is 0 Å². The fourth-order valence-electron chi connectivity index (χ4n) is 1.98. The van der Waals surface area contributed by atoms with Gasteiger partial charge >= 0.3 is 69.5 Å². The second-order valence-corrected chi connectivity index (χ2v) is 9.23. The van der Waals surface area contributed by atoms with Crippen molar-refractivity contribution in [2.75, 3.05) is 22.3 Å². The second kappa shape index (κ2) is 12.4. The Morgan fingerprint density at radius 1 is 0.929 bits per heavy atom. The molecule has 150 valence electrons. The third-order valence-electron chi connectivity index (χ3n) is 3.06. The maximum Gasteiger partial charge on any atom is 1.00 e. The number of rotatable bonds is 10. The zero-order valence-corrected chi connectivity index (χ0v) is 21.5. The van der Waals surface area contributed by atoms with E-state index < -0.39 is 61.0 Å². The number of hydrogen-bond donors (Lipinski definition) is 2. The van der Waals surface area contributed by atoms with Crippen LogP contribution in [-0.2, 0) is 34.9 Å². The smallest absolute Gasteiger partial charge is 0.748 e. The van der Waals surface area contributed by atoms with E-state index in [1.165, 1.54) is 24.3 Å². The first-order chi connectivity index (χ1) is 11.7. The molecular weight excluding hydrogens is 462 g/mol. The van der Waals surface area contributed by atoms with Gasteiger partial charge in [0.15, 0.2) is 0 Å². The van der Waals surface area contributed by atoms with Gasteiger partial charge in [-0.1, -0.05) is 0 Å². The van der Waals surface area contributed by atoms with Crippen LogP contribution >= 0.6 is 0 Å². The zero-order valence-electron chi connectivity index (χ0n) is 15.1. The van der Waals surface area contributed by atoms with Crippen molar-refractivity contribution in [1.82, 2.24) is 0 Å². The van der Waals surface area contributed by atoms with E-state index in [0.717, 1.165) is 0 Å². The van der Waals surface area contributed by atoms with Crippen LogP contribution in [0.4, 0.5) is 11.4 Å². The summed E-state index contributed by atoms with van der Waals surface area (Å²) in [5.41, 5.74) is 5.72. The first-order valence-electron chi connectivity index (χ1n) is 6.85. The van der Waals surface area contributed by atoms with Crippen molar-refractivity contribution in [3.05, 3.63) is 24.3 Å². The third kappa shape index (κ3) is 13.7. The molecule has 0 aliphatic rings. The monoisotopic (exact) mass is 478 g/mol. The molecule has 1 aromatic carbocycles. The van der Waals surface area contributed by atoms with Crippen molar-refractivity contribution in [3.63, 3.8) is 0 Å². The van der Waals surface area contributed by atoms with Crippen LogP contribution in [0.15, 0.2) is 24.3 Å². The molecule has 1 aromatic rings. The van der Waals surface area contributed by atoms with E-state index in [9.17, 15) is 34.4 Å². The van der Waals surface area contributed by atoms with E-state index in [4.69, 9.17) is 10.3 Å². The summed E-state index contributed by atoms with van der Waals surface area (Å²) in [4.78, 5) is 0. The molecule has 0 radical (unpaired) electrons. The van der Waals surface area contributed by atoms with Gasteiger partial charge in [-0.25, -0.2) is 21.9 Å². The molecule has 0 aliphatic carbocycles. The van der Waals surface area contributed by atoms with Crippen molar-refractivity contribution in [3.8, 4) is 0 Å². The Morgan fingerprint density at radius 3 is 1.64 bits per heavy atom. The second-order valence-electron chi connectivity index (χ2n) is 5.17. The molecule has 12 nitrogen and oxygen atoms in total. The first kappa shape index (κ1) is 30.7. The number of nitrogens with zero attached hydrogens (tertiary/aromatic N) is 1. The van der Waals surface area contributed by atoms with Gasteiger partial charge in [0.1, 0.15) is 0 Å². The summed E-state index contributed by atoms with van der Waals surface area (Å²) in [7, 11) is -14.6. The summed E-state index contributed by atoms with van der Waals surface area (Å²) in [5, 5.41) is 0.505. The number of nitrogens with two attached hydrogens (primary N) is 1. The van der Waals surface area contributed by atoms with E-state index in [2.05, 4.69) is 4.28 Å². The maximum atomic E-state index is 11.1. The minimum absolute atomic E-state index is 0. The summed E-state index contributed by atoms with van der Waals surface area (Å²) in [6, 6.07) is 3.77. The Morgan fingerprint density at radius 2 is 1.32 bits per heavy atom. The zero-order chi connectivity index (χ0) is 20.2. The molecule has 0 bridgehead atoms. The molecular formula is C11H16N2Na2O10S3. The summed E-state index contributed by atoms with van der Waals surface area (Å²) >= 11 is 0. The average Bonchev–Trinajstić information content (AvgIpc) is 2.43. The molecule has 0 unspecified atom stereocenters. The van der Waals surface area contributed by atoms with Crippen molar-refractivity contribution in [2.45, 2.75) is 18.9 Å². The Kier molecular flexibility index (Phi) is 13.6. The van der Waals surface area contributed by atoms with Crippen LogP contribution in [0.1, 0.15) is 12.8 Å². The predicted octanol–water partition coefficient (Wildman–Crippen LogP) is -6.94. The topological polar surface area (TPSA) is 207 Å². The molecule has 0 saturated carbocycles. The van der Waals surface area contributed by atoms with Gasteiger partial charge in [0.2, 0.25) is 0 Å². The minimum Gasteiger partial charge on any atom is -0.748 e. The minimum atomic E-state index is -5.09. The molecule has 0 saturated heterocycles. The molecule has 0 atom stereocenters. The van der Waals surface area contributed by atoms with Gasteiger partial charge in [0.25, 0.3) is 0 Å². The molecule has 0 amide bonds. The Labute approximate surface area is 207 Å². The number of nitrogen functional groups attached to an aromatic ring is 1. The van der Waals surface area contributed by atoms with Crippen LogP contribution in [0, 0.1) is 0 Å². The normalized spacial score (nSPS) is 12.1. The standard InChI is InChI=1S/C11H18N2O10S3.2Na/c12-9-1-3-10(4-2-9)13(23-26(20,21)22)11(5-7-24(14,15)16)6-8-25(17,18)19;;/h1-4,11H,5-8,12H2,(H,14,15,16)(H,17,18,19)(H,20,21,22);;/q;2*+1/p-2. The maximum absolute atomic E-state index is 11.1. The van der Waals surface area contributed by atoms with Crippen molar-refractivity contribution < 1.29 is 102 Å². The molecule has 1 rings (SSSR count). The molecule has 0 aromatic heterocycles. The number of benzene rings is 1. The Hall–Kier alpha value is 0.510. The van der Waals surface area contributed by atoms with Crippen LogP contribution in [-0.4, -0.2) is 56.5 Å². The third-order valence-corrected chi connectivity index (χ3v) is 4.88. The van der Waals surface area contributed by atoms with E-state index in [0.29, 0.717) is 5.06 Å². The van der Waals surface area contributed by atoms with Gasteiger partial charge in [-0.15, -0.1) is 4.28 Å². The SMILES string of the molecule is Nc1ccc(N(OS(=O)(=O)O)C(CCS(=O)(=O)[O-])CCS(=O)(=O)[O-])cc1.[Na+].[Na+]. The van der Waals surface area contributed by atoms with Crippen LogP contribution in [0.2, 0.25) is 0 Å². The van der Waals surface area contributed by atoms with Gasteiger partial charge < -0.3 is 14.8 Å². The molecule has 0 spiro atoms. The summed E-state index contributed by atoms with van der Waals surface area (Å²) in [6.07, 6.45) is -1.14. The van der Waals surface area contributed by atoms with Crippen LogP contribution in [0.3, 0.4) is 0 Å². The molecule has 3 N–H and O–H groups in total. The number of anilines is 2. The summed E-state index contributed by atoms with van der Waals surface area (Å²) in [5.74, 6) is -1.98. The predicted molar refractivity (Wildman–Crippen MR) is 88.1 cm³/mol. The van der Waals surface area contributed by atoms with Crippen molar-refractivity contribution in [1.29, 1.82) is 0 Å². The van der Waals surface area contributed by atoms with Gasteiger partial charge in [-0.2, -0.15) is 8.42 Å². The molecule has 0 heterocycles. The fraction of sp³-hybridized carbons (Fsp3) is 0.455. The molecule has 0 fully saturated rings. The van der Waals surface area contributed by atoms with Crippen molar-refractivity contribution >= 4 is 42.0 Å². The fourth-order valence-corrected chi connectivity index (χ4v) is 3.51. The van der Waals surface area contributed by atoms with Gasteiger partial charge in [-0.3, -0.25) is 4.55 Å². The van der Waals surface area contributed by atoms with Crippen LogP contribution < -0.4 is 69.9 Å². The van der Waals surface area contributed by atoms with Crippen molar-refractivity contribution in [2.24, 2.45) is 0 Å². The average molecular weight is 478 g/mol. The van der Waals surface area contributed by atoms with Gasteiger partial charge in [0.05, 0.1) is 32.0 Å². The summed E-state index contributed by atoms with van der Waals surface area (Å²) < 4.78 is 101. The summed E-state index contributed by atoms with van der Waals surface area (Å²) in [6.45, 7) is 0. The Bertz CT molecular complexity index is 884. The molecule has 0 aliphatic heterocycles. The van der Waals surface area contributed by atoms with Gasteiger partial charge in [-0.05, 0) is 37.1 Å². The quantitative estimate of drug-likeness (QED) is 0.139. The first-order valence-corrected chi connectivity index (χ1v) is 11.4. The van der Waals surface area contributed by atoms with E-state index in [1.54, 1.807) is 0 Å². The molecule has 17 heteroatoms. The van der Waals surface area contributed by atoms with E-state index in [-0.39, 0.29) is 70.5 Å². The van der Waals surface area contributed by atoms with Gasteiger partial charge in [0, 0.05) is 17.2 Å². The Balaban J connectivity index is 0. The largest absolute Gasteiger partial charge is 1.00 e. The van der Waals surface area contributed by atoms with E-state index in [1.807, 2.05) is 0 Å². The number of hydroxylamine groups is 1. The van der Waals surface area contributed by atoms with Crippen LogP contribution in [0.5, 0.6) is 0 Å².